The van der Waals surface area contributed by atoms with E-state index in [-0.39, 0.29) is 5.91 Å². The zero-order chi connectivity index (χ0) is 15.5. The molecule has 2 fully saturated rings. The van der Waals surface area contributed by atoms with Gasteiger partial charge in [-0.05, 0) is 31.2 Å². The lowest BCUT2D eigenvalue weighted by Crippen LogP contribution is -2.52. The van der Waals surface area contributed by atoms with Crippen molar-refractivity contribution in [3.63, 3.8) is 0 Å². The number of amides is 1. The Morgan fingerprint density at radius 3 is 2.64 bits per heavy atom. The van der Waals surface area contributed by atoms with Crippen molar-refractivity contribution in [1.29, 1.82) is 0 Å². The number of nitrogens with zero attached hydrogens (tertiary/aromatic N) is 3. The second-order valence-corrected chi connectivity index (χ2v) is 6.42. The van der Waals surface area contributed by atoms with E-state index >= 15 is 0 Å². The van der Waals surface area contributed by atoms with Crippen molar-refractivity contribution in [2.24, 2.45) is 0 Å². The van der Waals surface area contributed by atoms with Crippen LogP contribution in [-0.4, -0.2) is 75.1 Å². The molecular weight excluding hydrogens is 276 g/mol. The highest BCUT2D eigenvalue weighted by atomic mass is 16.2. The van der Waals surface area contributed by atoms with Gasteiger partial charge in [-0.25, -0.2) is 0 Å². The molecule has 0 aromatic heterocycles. The molecule has 1 N–H and O–H groups in total. The number of anilines is 1. The molecule has 1 aromatic carbocycles. The normalized spacial score (nSPS) is 22.8. The van der Waals surface area contributed by atoms with Crippen LogP contribution in [0.1, 0.15) is 16.8 Å². The number of piperazine rings is 1. The minimum Gasteiger partial charge on any atom is -0.378 e. The molecule has 1 amide bonds. The first-order valence-corrected chi connectivity index (χ1v) is 8.16. The van der Waals surface area contributed by atoms with E-state index in [1.54, 1.807) is 0 Å². The number of carbonyl (C=O) groups excluding carboxylic acids is 1. The highest BCUT2D eigenvalue weighted by molar-refractivity contribution is 5.95. The van der Waals surface area contributed by atoms with Crippen LogP contribution in [0, 0.1) is 0 Å². The summed E-state index contributed by atoms with van der Waals surface area (Å²) in [6.45, 7) is 5.87. The van der Waals surface area contributed by atoms with Gasteiger partial charge in [0.05, 0.1) is 0 Å². The van der Waals surface area contributed by atoms with Crippen molar-refractivity contribution >= 4 is 11.6 Å². The molecule has 2 heterocycles. The second-order valence-electron chi connectivity index (χ2n) is 6.42. The van der Waals surface area contributed by atoms with Crippen LogP contribution in [-0.2, 0) is 0 Å². The third kappa shape index (κ3) is 3.25. The zero-order valence-electron chi connectivity index (χ0n) is 13.6. The van der Waals surface area contributed by atoms with Gasteiger partial charge in [0.2, 0.25) is 0 Å². The summed E-state index contributed by atoms with van der Waals surface area (Å²) in [5, 5.41) is 3.42. The van der Waals surface area contributed by atoms with Crippen molar-refractivity contribution in [3.8, 4) is 0 Å². The summed E-state index contributed by atoms with van der Waals surface area (Å²) >= 11 is 0. The molecule has 2 aliphatic rings. The standard InChI is InChI=1S/C17H26N4O/c1-19(2)15-5-3-4-14(12-15)17(22)21-10-8-20(9-11-21)16-6-7-18-13-16/h3-5,12,16,18H,6-11,13H2,1-2H3. The van der Waals surface area contributed by atoms with Crippen LogP contribution in [0.5, 0.6) is 0 Å². The summed E-state index contributed by atoms with van der Waals surface area (Å²) in [6, 6.07) is 8.55. The molecule has 1 atom stereocenters. The summed E-state index contributed by atoms with van der Waals surface area (Å²) in [4.78, 5) is 19.2. The molecule has 1 aromatic rings. The van der Waals surface area contributed by atoms with E-state index in [2.05, 4.69) is 10.2 Å². The van der Waals surface area contributed by atoms with E-state index in [0.717, 1.165) is 50.5 Å². The molecule has 2 saturated heterocycles. The molecule has 5 heteroatoms. The molecule has 0 aliphatic carbocycles. The Kier molecular flexibility index (Phi) is 4.64. The van der Waals surface area contributed by atoms with Crippen LogP contribution in [0.15, 0.2) is 24.3 Å². The maximum absolute atomic E-state index is 12.7. The Morgan fingerprint density at radius 2 is 2.00 bits per heavy atom. The Labute approximate surface area is 132 Å². The summed E-state index contributed by atoms with van der Waals surface area (Å²) in [5.41, 5.74) is 1.86. The van der Waals surface area contributed by atoms with E-state index in [1.807, 2.05) is 48.2 Å². The minimum absolute atomic E-state index is 0.160. The van der Waals surface area contributed by atoms with Crippen LogP contribution < -0.4 is 10.2 Å². The Morgan fingerprint density at radius 1 is 1.23 bits per heavy atom. The quantitative estimate of drug-likeness (QED) is 0.899. The second kappa shape index (κ2) is 6.67. The predicted molar refractivity (Wildman–Crippen MR) is 89.5 cm³/mol. The number of carbonyl (C=O) groups is 1. The van der Waals surface area contributed by atoms with Gasteiger partial charge in [0, 0.05) is 64.1 Å². The van der Waals surface area contributed by atoms with Crippen LogP contribution in [0.2, 0.25) is 0 Å². The van der Waals surface area contributed by atoms with Crippen LogP contribution in [0.4, 0.5) is 5.69 Å². The number of rotatable bonds is 3. The molecule has 2 aliphatic heterocycles. The summed E-state index contributed by atoms with van der Waals surface area (Å²) in [7, 11) is 4.00. The van der Waals surface area contributed by atoms with Gasteiger partial charge in [-0.3, -0.25) is 9.69 Å². The maximum atomic E-state index is 12.7. The van der Waals surface area contributed by atoms with Crippen molar-refractivity contribution in [1.82, 2.24) is 15.1 Å². The van der Waals surface area contributed by atoms with Gasteiger partial charge in [-0.15, -0.1) is 0 Å². The third-order valence-electron chi connectivity index (χ3n) is 4.76. The van der Waals surface area contributed by atoms with E-state index in [1.165, 1.54) is 6.42 Å². The van der Waals surface area contributed by atoms with Crippen LogP contribution >= 0.6 is 0 Å². The fourth-order valence-corrected chi connectivity index (χ4v) is 3.34. The third-order valence-corrected chi connectivity index (χ3v) is 4.76. The molecule has 22 heavy (non-hydrogen) atoms. The van der Waals surface area contributed by atoms with Crippen molar-refractivity contribution in [2.75, 3.05) is 58.3 Å². The molecule has 5 nitrogen and oxygen atoms in total. The Hall–Kier alpha value is -1.59. The lowest BCUT2D eigenvalue weighted by Gasteiger charge is -2.37. The van der Waals surface area contributed by atoms with E-state index < -0.39 is 0 Å². The van der Waals surface area contributed by atoms with Crippen molar-refractivity contribution in [3.05, 3.63) is 29.8 Å². The summed E-state index contributed by atoms with van der Waals surface area (Å²) in [5.74, 6) is 0.160. The van der Waals surface area contributed by atoms with Crippen LogP contribution in [0.25, 0.3) is 0 Å². The van der Waals surface area contributed by atoms with Gasteiger partial charge < -0.3 is 15.1 Å². The smallest absolute Gasteiger partial charge is 0.254 e. The first-order valence-electron chi connectivity index (χ1n) is 8.16. The molecule has 0 spiro atoms. The number of benzene rings is 1. The topological polar surface area (TPSA) is 38.8 Å². The average Bonchev–Trinajstić information content (AvgIpc) is 3.09. The van der Waals surface area contributed by atoms with Gasteiger partial charge in [0.15, 0.2) is 0 Å². The number of hydrogen-bond donors (Lipinski definition) is 1. The van der Waals surface area contributed by atoms with Gasteiger partial charge in [-0.1, -0.05) is 6.07 Å². The summed E-state index contributed by atoms with van der Waals surface area (Å²) in [6.07, 6.45) is 1.23. The maximum Gasteiger partial charge on any atom is 0.254 e. The Bertz CT molecular complexity index is 517. The molecule has 1 unspecified atom stereocenters. The first-order chi connectivity index (χ1) is 10.6. The highest BCUT2D eigenvalue weighted by Gasteiger charge is 2.28. The number of nitrogens with one attached hydrogen (secondary N) is 1. The SMILES string of the molecule is CN(C)c1cccc(C(=O)N2CCN(C3CCNC3)CC2)c1. The lowest BCUT2D eigenvalue weighted by molar-refractivity contribution is 0.0584. The lowest BCUT2D eigenvalue weighted by atomic mass is 10.1. The minimum atomic E-state index is 0.160. The van der Waals surface area contributed by atoms with Gasteiger partial charge >= 0.3 is 0 Å². The van der Waals surface area contributed by atoms with Gasteiger partial charge in [-0.2, -0.15) is 0 Å². The van der Waals surface area contributed by atoms with Gasteiger partial charge in [0.1, 0.15) is 0 Å². The predicted octanol–water partition coefficient (Wildman–Crippen LogP) is 0.872. The van der Waals surface area contributed by atoms with Crippen LogP contribution in [0.3, 0.4) is 0 Å². The molecular formula is C17H26N4O. The Balaban J connectivity index is 1.60. The van der Waals surface area contributed by atoms with Crippen molar-refractivity contribution < 1.29 is 4.79 Å². The molecule has 0 radical (unpaired) electrons. The molecule has 0 saturated carbocycles. The van der Waals surface area contributed by atoms with Gasteiger partial charge in [0.25, 0.3) is 5.91 Å². The first kappa shape index (κ1) is 15.3. The molecule has 3 rings (SSSR count). The van der Waals surface area contributed by atoms with E-state index in [0.29, 0.717) is 6.04 Å². The molecule has 120 valence electrons. The van der Waals surface area contributed by atoms with E-state index in [9.17, 15) is 4.79 Å². The fourth-order valence-electron chi connectivity index (χ4n) is 3.34. The number of hydrogen-bond acceptors (Lipinski definition) is 4. The highest BCUT2D eigenvalue weighted by Crippen LogP contribution is 2.17. The van der Waals surface area contributed by atoms with Crippen molar-refractivity contribution in [2.45, 2.75) is 12.5 Å². The fraction of sp³-hybridized carbons (Fsp3) is 0.588. The molecule has 0 bridgehead atoms. The largest absolute Gasteiger partial charge is 0.378 e. The van der Waals surface area contributed by atoms with E-state index in [4.69, 9.17) is 0 Å². The average molecular weight is 302 g/mol. The zero-order valence-corrected chi connectivity index (χ0v) is 13.6. The summed E-state index contributed by atoms with van der Waals surface area (Å²) < 4.78 is 0. The monoisotopic (exact) mass is 302 g/mol.